The van der Waals surface area contributed by atoms with Gasteiger partial charge in [-0.2, -0.15) is 0 Å². The van der Waals surface area contributed by atoms with Gasteiger partial charge in [-0.15, -0.1) is 0 Å². The highest BCUT2D eigenvalue weighted by molar-refractivity contribution is 5.53. The fraction of sp³-hybridized carbons (Fsp3) is 0.600. The highest BCUT2D eigenvalue weighted by Crippen LogP contribution is 2.23. The van der Waals surface area contributed by atoms with Gasteiger partial charge in [0.05, 0.1) is 4.92 Å². The molecule has 2 atom stereocenters. The summed E-state index contributed by atoms with van der Waals surface area (Å²) in [5.41, 5.74) is 1.83. The molecule has 110 valence electrons. The van der Waals surface area contributed by atoms with Crippen LogP contribution in [0.25, 0.3) is 0 Å². The summed E-state index contributed by atoms with van der Waals surface area (Å²) in [5.74, 6) is 0. The number of hydrogen-bond acceptors (Lipinski definition) is 4. The summed E-state index contributed by atoms with van der Waals surface area (Å²) in [5, 5.41) is 17.8. The number of nitrogens with one attached hydrogen (secondary N) is 2. The topological polar surface area (TPSA) is 67.2 Å². The Balaban J connectivity index is 1.92. The van der Waals surface area contributed by atoms with Crippen LogP contribution in [0, 0.1) is 17.0 Å². The van der Waals surface area contributed by atoms with Gasteiger partial charge in [0.2, 0.25) is 0 Å². The minimum atomic E-state index is -0.339. The van der Waals surface area contributed by atoms with E-state index in [4.69, 9.17) is 0 Å². The number of nitro benzene ring substituents is 1. The molecule has 1 heterocycles. The minimum absolute atomic E-state index is 0.178. The predicted octanol–water partition coefficient (Wildman–Crippen LogP) is 3.24. The van der Waals surface area contributed by atoms with E-state index in [1.165, 1.54) is 19.3 Å². The van der Waals surface area contributed by atoms with Crippen LogP contribution in [0.2, 0.25) is 0 Å². The van der Waals surface area contributed by atoms with Gasteiger partial charge in [-0.05, 0) is 51.8 Å². The monoisotopic (exact) mass is 277 g/mol. The summed E-state index contributed by atoms with van der Waals surface area (Å²) in [6.45, 7) is 5.05. The second-order valence-corrected chi connectivity index (χ2v) is 5.69. The molecule has 0 bridgehead atoms. The zero-order chi connectivity index (χ0) is 14.5. The normalized spacial score (nSPS) is 20.4. The molecule has 0 spiro atoms. The SMILES string of the molecule is Cc1cc(NC(C)CC2CCCCN2)ccc1[N+](=O)[O-]. The molecule has 2 unspecified atom stereocenters. The van der Waals surface area contributed by atoms with Gasteiger partial charge in [0.1, 0.15) is 0 Å². The summed E-state index contributed by atoms with van der Waals surface area (Å²) in [6, 6.07) is 6.15. The number of benzene rings is 1. The van der Waals surface area contributed by atoms with Crippen LogP contribution in [-0.2, 0) is 0 Å². The number of rotatable bonds is 5. The van der Waals surface area contributed by atoms with E-state index >= 15 is 0 Å². The molecule has 0 aromatic heterocycles. The van der Waals surface area contributed by atoms with Gasteiger partial charge < -0.3 is 10.6 Å². The van der Waals surface area contributed by atoms with Gasteiger partial charge in [-0.1, -0.05) is 6.42 Å². The van der Waals surface area contributed by atoms with Crippen LogP contribution >= 0.6 is 0 Å². The first-order chi connectivity index (χ1) is 9.56. The molecule has 0 aliphatic carbocycles. The molecule has 0 amide bonds. The van der Waals surface area contributed by atoms with E-state index in [0.29, 0.717) is 17.6 Å². The van der Waals surface area contributed by atoms with Crippen LogP contribution in [-0.4, -0.2) is 23.6 Å². The van der Waals surface area contributed by atoms with Crippen molar-refractivity contribution >= 4 is 11.4 Å². The van der Waals surface area contributed by atoms with Gasteiger partial charge in [0.15, 0.2) is 0 Å². The number of nitro groups is 1. The highest BCUT2D eigenvalue weighted by atomic mass is 16.6. The summed E-state index contributed by atoms with van der Waals surface area (Å²) in [4.78, 5) is 10.5. The second kappa shape index (κ2) is 6.70. The Kier molecular flexibility index (Phi) is 4.95. The predicted molar refractivity (Wildman–Crippen MR) is 81.2 cm³/mol. The zero-order valence-electron chi connectivity index (χ0n) is 12.2. The van der Waals surface area contributed by atoms with E-state index in [1.54, 1.807) is 19.1 Å². The third kappa shape index (κ3) is 3.93. The fourth-order valence-corrected chi connectivity index (χ4v) is 2.85. The lowest BCUT2D eigenvalue weighted by Gasteiger charge is -2.27. The summed E-state index contributed by atoms with van der Waals surface area (Å²) >= 11 is 0. The fourth-order valence-electron chi connectivity index (χ4n) is 2.85. The minimum Gasteiger partial charge on any atom is -0.383 e. The van der Waals surface area contributed by atoms with Gasteiger partial charge in [-0.25, -0.2) is 0 Å². The van der Waals surface area contributed by atoms with Crippen molar-refractivity contribution in [1.82, 2.24) is 5.32 Å². The molecule has 1 aliphatic rings. The number of aryl methyl sites for hydroxylation is 1. The van der Waals surface area contributed by atoms with Crippen molar-refractivity contribution in [2.75, 3.05) is 11.9 Å². The van der Waals surface area contributed by atoms with E-state index < -0.39 is 0 Å². The number of nitrogens with zero attached hydrogens (tertiary/aromatic N) is 1. The maximum absolute atomic E-state index is 10.8. The van der Waals surface area contributed by atoms with Crippen molar-refractivity contribution < 1.29 is 4.92 Å². The molecule has 1 aromatic rings. The summed E-state index contributed by atoms with van der Waals surface area (Å²) in [7, 11) is 0. The molecule has 0 saturated carbocycles. The first-order valence-electron chi connectivity index (χ1n) is 7.31. The first kappa shape index (κ1) is 14.8. The van der Waals surface area contributed by atoms with Crippen molar-refractivity contribution in [2.45, 2.75) is 51.6 Å². The van der Waals surface area contributed by atoms with Crippen molar-refractivity contribution in [3.63, 3.8) is 0 Å². The van der Waals surface area contributed by atoms with Gasteiger partial charge in [0.25, 0.3) is 5.69 Å². The van der Waals surface area contributed by atoms with E-state index in [1.807, 2.05) is 6.07 Å². The Labute approximate surface area is 119 Å². The molecule has 1 fully saturated rings. The molecule has 5 heteroatoms. The Morgan fingerprint density at radius 2 is 2.30 bits per heavy atom. The molecule has 2 N–H and O–H groups in total. The first-order valence-corrected chi connectivity index (χ1v) is 7.31. The largest absolute Gasteiger partial charge is 0.383 e. The lowest BCUT2D eigenvalue weighted by molar-refractivity contribution is -0.385. The van der Waals surface area contributed by atoms with Crippen molar-refractivity contribution in [1.29, 1.82) is 0 Å². The average Bonchev–Trinajstić information content (AvgIpc) is 2.39. The molecule has 5 nitrogen and oxygen atoms in total. The molecule has 1 aliphatic heterocycles. The Morgan fingerprint density at radius 3 is 2.90 bits per heavy atom. The third-order valence-corrected chi connectivity index (χ3v) is 3.86. The van der Waals surface area contributed by atoms with Crippen LogP contribution < -0.4 is 10.6 Å². The van der Waals surface area contributed by atoms with Crippen molar-refractivity contribution in [2.24, 2.45) is 0 Å². The standard InChI is InChI=1S/C15H23N3O2/c1-11-9-14(6-7-15(11)18(19)20)17-12(2)10-13-5-3-4-8-16-13/h6-7,9,12-13,16-17H,3-5,8,10H2,1-2H3. The van der Waals surface area contributed by atoms with Crippen molar-refractivity contribution in [3.8, 4) is 0 Å². The van der Waals surface area contributed by atoms with Crippen LogP contribution in [0.4, 0.5) is 11.4 Å². The summed E-state index contributed by atoms with van der Waals surface area (Å²) < 4.78 is 0. The zero-order valence-corrected chi connectivity index (χ0v) is 12.2. The van der Waals surface area contributed by atoms with E-state index in [-0.39, 0.29) is 10.6 Å². The lowest BCUT2D eigenvalue weighted by Crippen LogP contribution is -2.37. The Hall–Kier alpha value is -1.62. The van der Waals surface area contributed by atoms with Crippen LogP contribution in [0.1, 0.15) is 38.2 Å². The molecule has 0 radical (unpaired) electrons. The Bertz CT molecular complexity index is 470. The van der Waals surface area contributed by atoms with Crippen LogP contribution in [0.3, 0.4) is 0 Å². The quantitative estimate of drug-likeness (QED) is 0.640. The van der Waals surface area contributed by atoms with Crippen molar-refractivity contribution in [3.05, 3.63) is 33.9 Å². The number of hydrogen-bond donors (Lipinski definition) is 2. The molecule has 2 rings (SSSR count). The van der Waals surface area contributed by atoms with Crippen LogP contribution in [0.5, 0.6) is 0 Å². The molecule has 20 heavy (non-hydrogen) atoms. The summed E-state index contributed by atoms with van der Waals surface area (Å²) in [6.07, 6.45) is 4.90. The highest BCUT2D eigenvalue weighted by Gasteiger charge is 2.16. The lowest BCUT2D eigenvalue weighted by atomic mass is 9.98. The molecular formula is C15H23N3O2. The van der Waals surface area contributed by atoms with Gasteiger partial charge in [0, 0.05) is 29.4 Å². The number of anilines is 1. The van der Waals surface area contributed by atoms with E-state index in [0.717, 1.165) is 18.7 Å². The van der Waals surface area contributed by atoms with Crippen LogP contribution in [0.15, 0.2) is 18.2 Å². The van der Waals surface area contributed by atoms with E-state index in [9.17, 15) is 10.1 Å². The maximum atomic E-state index is 10.8. The maximum Gasteiger partial charge on any atom is 0.272 e. The van der Waals surface area contributed by atoms with Gasteiger partial charge in [-0.3, -0.25) is 10.1 Å². The molecular weight excluding hydrogens is 254 g/mol. The Morgan fingerprint density at radius 1 is 1.50 bits per heavy atom. The smallest absolute Gasteiger partial charge is 0.272 e. The second-order valence-electron chi connectivity index (χ2n) is 5.69. The third-order valence-electron chi connectivity index (χ3n) is 3.86. The molecule has 1 aromatic carbocycles. The average molecular weight is 277 g/mol. The number of piperidine rings is 1. The van der Waals surface area contributed by atoms with Gasteiger partial charge >= 0.3 is 0 Å². The van der Waals surface area contributed by atoms with E-state index in [2.05, 4.69) is 17.6 Å². The molecule has 1 saturated heterocycles.